The molecule has 1 aromatic rings. The highest BCUT2D eigenvalue weighted by molar-refractivity contribution is 9.10. The highest BCUT2D eigenvalue weighted by Gasteiger charge is 2.31. The molecule has 1 rings (SSSR count). The first kappa shape index (κ1) is 19.7. The molecule has 0 radical (unpaired) electrons. The van der Waals surface area contributed by atoms with Gasteiger partial charge in [-0.05, 0) is 25.5 Å². The minimum atomic E-state index is -4.01. The monoisotopic (exact) mass is 431 g/mol. The van der Waals surface area contributed by atoms with E-state index >= 15 is 0 Å². The van der Waals surface area contributed by atoms with Crippen LogP contribution in [0.3, 0.4) is 0 Å². The minimum Gasteiger partial charge on any atom is -0.465 e. The van der Waals surface area contributed by atoms with Gasteiger partial charge in [-0.2, -0.15) is 4.31 Å². The zero-order valence-electron chi connectivity index (χ0n) is 12.1. The molecule has 0 saturated carbocycles. The number of esters is 1. The number of ether oxygens (including phenoxy) is 1. The number of carbonyl (C=O) groups excluding carboxylic acids is 1. The number of sulfonamides is 1. The number of benzene rings is 1. The molecule has 0 amide bonds. The van der Waals surface area contributed by atoms with Crippen LogP contribution in [0.15, 0.2) is 21.5 Å². The van der Waals surface area contributed by atoms with Crippen LogP contribution in [0.1, 0.15) is 20.3 Å². The molecule has 0 fully saturated rings. The van der Waals surface area contributed by atoms with Crippen molar-refractivity contribution in [3.8, 4) is 0 Å². The van der Waals surface area contributed by atoms with Crippen LogP contribution in [-0.4, -0.2) is 38.4 Å². The maximum Gasteiger partial charge on any atom is 0.321 e. The number of hydrogen-bond acceptors (Lipinski definition) is 4. The molecule has 0 heterocycles. The van der Waals surface area contributed by atoms with Crippen LogP contribution in [0, 0.1) is 0 Å². The van der Waals surface area contributed by atoms with Crippen molar-refractivity contribution in [3.63, 3.8) is 0 Å². The summed E-state index contributed by atoms with van der Waals surface area (Å²) in [5.74, 6) is -0.621. The van der Waals surface area contributed by atoms with Crippen LogP contribution >= 0.6 is 39.1 Å². The van der Waals surface area contributed by atoms with Gasteiger partial charge < -0.3 is 4.74 Å². The van der Waals surface area contributed by atoms with Gasteiger partial charge in [0.05, 0.1) is 16.7 Å². The van der Waals surface area contributed by atoms with Gasteiger partial charge in [0, 0.05) is 11.0 Å². The highest BCUT2D eigenvalue weighted by atomic mass is 79.9. The first-order chi connectivity index (χ1) is 10.2. The summed E-state index contributed by atoms with van der Waals surface area (Å²) in [6.45, 7) is 3.41. The molecule has 1 aromatic carbocycles. The van der Waals surface area contributed by atoms with Crippen LogP contribution in [0.5, 0.6) is 0 Å². The van der Waals surface area contributed by atoms with Crippen molar-refractivity contribution in [1.82, 2.24) is 4.31 Å². The van der Waals surface area contributed by atoms with Crippen molar-refractivity contribution in [2.24, 2.45) is 0 Å². The molecular formula is C13H16BrCl2NO4S. The smallest absolute Gasteiger partial charge is 0.321 e. The van der Waals surface area contributed by atoms with Gasteiger partial charge in [0.25, 0.3) is 0 Å². The first-order valence-corrected chi connectivity index (χ1v) is 9.53. The summed E-state index contributed by atoms with van der Waals surface area (Å²) in [6.07, 6.45) is 0.532. The first-order valence-electron chi connectivity index (χ1n) is 6.54. The molecule has 5 nitrogen and oxygen atoms in total. The Bertz CT molecular complexity index is 628. The zero-order chi connectivity index (χ0) is 16.9. The van der Waals surface area contributed by atoms with Crippen molar-refractivity contribution in [2.45, 2.75) is 25.2 Å². The lowest BCUT2D eigenvalue weighted by molar-refractivity contribution is -0.143. The standard InChI is InChI=1S/C13H16BrCl2NO4S/c1-3-5-17(8-12(18)21-4-2)22(19,20)13-10(15)6-9(14)7-11(13)16/h6-7H,3-5,8H2,1-2H3. The van der Waals surface area contributed by atoms with Crippen molar-refractivity contribution in [2.75, 3.05) is 19.7 Å². The summed E-state index contributed by atoms with van der Waals surface area (Å²) in [5, 5.41) is -0.0197. The number of nitrogens with zero attached hydrogens (tertiary/aromatic N) is 1. The fourth-order valence-corrected chi connectivity index (χ4v) is 5.15. The Hall–Kier alpha value is -0.340. The summed E-state index contributed by atoms with van der Waals surface area (Å²) < 4.78 is 31.9. The third-order valence-corrected chi connectivity index (χ3v) is 5.87. The van der Waals surface area contributed by atoms with Crippen LogP contribution in [-0.2, 0) is 19.6 Å². The molecule has 0 unspecified atom stereocenters. The Kier molecular flexibility index (Phi) is 7.61. The van der Waals surface area contributed by atoms with E-state index in [1.807, 2.05) is 0 Å². The van der Waals surface area contributed by atoms with E-state index in [4.69, 9.17) is 27.9 Å². The third-order valence-electron chi connectivity index (χ3n) is 2.64. The summed E-state index contributed by atoms with van der Waals surface area (Å²) in [5.41, 5.74) is 0. The van der Waals surface area contributed by atoms with E-state index < -0.39 is 16.0 Å². The van der Waals surface area contributed by atoms with Gasteiger partial charge in [-0.25, -0.2) is 8.42 Å². The van der Waals surface area contributed by atoms with Gasteiger partial charge in [-0.15, -0.1) is 0 Å². The molecule has 0 N–H and O–H groups in total. The second-order valence-electron chi connectivity index (χ2n) is 4.34. The van der Waals surface area contributed by atoms with Crippen LogP contribution in [0.4, 0.5) is 0 Å². The van der Waals surface area contributed by atoms with Crippen molar-refractivity contribution in [1.29, 1.82) is 0 Å². The second-order valence-corrected chi connectivity index (χ2v) is 7.95. The molecule has 124 valence electrons. The van der Waals surface area contributed by atoms with Gasteiger partial charge in [0.2, 0.25) is 10.0 Å². The minimum absolute atomic E-state index is 0.00987. The molecular weight excluding hydrogens is 417 g/mol. The predicted molar refractivity (Wildman–Crippen MR) is 89.8 cm³/mol. The Labute approximate surface area is 148 Å². The Balaban J connectivity index is 3.25. The average molecular weight is 433 g/mol. The van der Waals surface area contributed by atoms with E-state index in [-0.39, 0.29) is 34.6 Å². The molecule has 0 atom stereocenters. The van der Waals surface area contributed by atoms with Crippen LogP contribution < -0.4 is 0 Å². The molecule has 9 heteroatoms. The largest absolute Gasteiger partial charge is 0.465 e. The lowest BCUT2D eigenvalue weighted by Crippen LogP contribution is -2.37. The van der Waals surface area contributed by atoms with Gasteiger partial charge in [0.1, 0.15) is 11.4 Å². The van der Waals surface area contributed by atoms with Gasteiger partial charge >= 0.3 is 5.97 Å². The number of halogens is 3. The molecule has 0 spiro atoms. The number of rotatable bonds is 7. The van der Waals surface area contributed by atoms with E-state index in [1.54, 1.807) is 13.8 Å². The highest BCUT2D eigenvalue weighted by Crippen LogP contribution is 2.34. The van der Waals surface area contributed by atoms with Crippen molar-refractivity contribution < 1.29 is 17.9 Å². The van der Waals surface area contributed by atoms with Gasteiger partial charge in [0.15, 0.2) is 0 Å². The van der Waals surface area contributed by atoms with E-state index in [2.05, 4.69) is 15.9 Å². The second kappa shape index (κ2) is 8.49. The SMILES string of the molecule is CCCN(CC(=O)OCC)S(=O)(=O)c1c(Cl)cc(Br)cc1Cl. The molecule has 0 bridgehead atoms. The van der Waals surface area contributed by atoms with E-state index in [0.717, 1.165) is 4.31 Å². The fourth-order valence-electron chi connectivity index (χ4n) is 1.79. The Morgan fingerprint density at radius 3 is 2.27 bits per heavy atom. The molecule has 0 aromatic heterocycles. The maximum absolute atomic E-state index is 12.7. The number of hydrogen-bond donors (Lipinski definition) is 0. The Morgan fingerprint density at radius 2 is 1.82 bits per heavy atom. The molecule has 0 aliphatic rings. The van der Waals surface area contributed by atoms with Gasteiger partial charge in [-0.1, -0.05) is 46.1 Å². The topological polar surface area (TPSA) is 63.7 Å². The van der Waals surface area contributed by atoms with E-state index in [1.165, 1.54) is 12.1 Å². The summed E-state index contributed by atoms with van der Waals surface area (Å²) in [7, 11) is -4.01. The molecule has 0 aliphatic carbocycles. The van der Waals surface area contributed by atoms with Crippen LogP contribution in [0.25, 0.3) is 0 Å². The Morgan fingerprint density at radius 1 is 1.27 bits per heavy atom. The van der Waals surface area contributed by atoms with Crippen molar-refractivity contribution >= 4 is 55.1 Å². The normalized spacial score (nSPS) is 11.7. The molecule has 0 saturated heterocycles. The third kappa shape index (κ3) is 4.83. The fraction of sp³-hybridized carbons (Fsp3) is 0.462. The maximum atomic E-state index is 12.7. The van der Waals surface area contributed by atoms with Gasteiger partial charge in [-0.3, -0.25) is 4.79 Å². The lowest BCUT2D eigenvalue weighted by atomic mass is 10.4. The predicted octanol–water partition coefficient (Wildman–Crippen LogP) is 3.72. The summed E-state index contributed by atoms with van der Waals surface area (Å²) in [6, 6.07) is 2.88. The quantitative estimate of drug-likeness (QED) is 0.616. The average Bonchev–Trinajstić information content (AvgIpc) is 2.36. The summed E-state index contributed by atoms with van der Waals surface area (Å²) >= 11 is 15.2. The van der Waals surface area contributed by atoms with E-state index in [0.29, 0.717) is 10.9 Å². The van der Waals surface area contributed by atoms with E-state index in [9.17, 15) is 13.2 Å². The zero-order valence-corrected chi connectivity index (χ0v) is 16.0. The summed E-state index contributed by atoms with van der Waals surface area (Å²) in [4.78, 5) is 11.4. The molecule has 0 aliphatic heterocycles. The van der Waals surface area contributed by atoms with Crippen LogP contribution in [0.2, 0.25) is 10.0 Å². The van der Waals surface area contributed by atoms with Crippen molar-refractivity contribution in [3.05, 3.63) is 26.7 Å². The molecule has 22 heavy (non-hydrogen) atoms. The number of carbonyl (C=O) groups is 1. The lowest BCUT2D eigenvalue weighted by Gasteiger charge is -2.22.